The number of esters is 1. The smallest absolute Gasteiger partial charge is 0.323 e. The lowest BCUT2D eigenvalue weighted by Crippen LogP contribution is -2.07. The summed E-state index contributed by atoms with van der Waals surface area (Å²) in [6.45, 7) is 0. The fourth-order valence-corrected chi connectivity index (χ4v) is 1.63. The zero-order valence-corrected chi connectivity index (χ0v) is 10.1. The second-order valence-electron chi connectivity index (χ2n) is 2.44. The molecule has 1 aromatic carbocycles. The van der Waals surface area contributed by atoms with E-state index in [1.165, 1.54) is 7.11 Å². The molecule has 0 aromatic heterocycles. The quantitative estimate of drug-likeness (QED) is 0.620. The Bertz CT molecular complexity index is 295. The van der Waals surface area contributed by atoms with Gasteiger partial charge >= 0.3 is 5.97 Å². The van der Waals surface area contributed by atoms with Gasteiger partial charge in [0.1, 0.15) is 4.83 Å². The minimum absolute atomic E-state index is 0.290. The van der Waals surface area contributed by atoms with Gasteiger partial charge in [-0.2, -0.15) is 0 Å². The molecule has 0 spiro atoms. The molecule has 0 saturated heterocycles. The normalized spacial score (nSPS) is 12.2. The van der Waals surface area contributed by atoms with Gasteiger partial charge in [0.25, 0.3) is 0 Å². The fourth-order valence-electron chi connectivity index (χ4n) is 0.871. The molecule has 0 aliphatic heterocycles. The monoisotopic (exact) mass is 306 g/mol. The maximum Gasteiger partial charge on any atom is 0.323 e. The largest absolute Gasteiger partial charge is 0.468 e. The Morgan fingerprint density at radius 1 is 1.38 bits per heavy atom. The maximum absolute atomic E-state index is 11.1. The molecule has 70 valence electrons. The molecule has 0 bridgehead atoms. The lowest BCUT2D eigenvalue weighted by Gasteiger charge is -2.07. The maximum atomic E-state index is 11.1. The Kier molecular flexibility index (Phi) is 3.93. The van der Waals surface area contributed by atoms with Crippen molar-refractivity contribution in [3.63, 3.8) is 0 Å². The summed E-state index contributed by atoms with van der Waals surface area (Å²) in [6, 6.07) is 7.49. The van der Waals surface area contributed by atoms with E-state index in [2.05, 4.69) is 36.6 Å². The summed E-state index contributed by atoms with van der Waals surface area (Å²) in [6.07, 6.45) is 0. The van der Waals surface area contributed by atoms with E-state index >= 15 is 0 Å². The third-order valence-electron chi connectivity index (χ3n) is 1.57. The van der Waals surface area contributed by atoms with Crippen molar-refractivity contribution in [2.24, 2.45) is 0 Å². The number of ether oxygens (including phenoxy) is 1. The highest BCUT2D eigenvalue weighted by Crippen LogP contribution is 2.25. The number of rotatable bonds is 2. The molecule has 1 aromatic rings. The lowest BCUT2D eigenvalue weighted by molar-refractivity contribution is -0.139. The molecule has 0 N–H and O–H groups in total. The highest BCUT2D eigenvalue weighted by Gasteiger charge is 2.16. The zero-order chi connectivity index (χ0) is 9.84. The minimum Gasteiger partial charge on any atom is -0.468 e. The molecule has 0 saturated carbocycles. The predicted molar refractivity (Wildman–Crippen MR) is 57.8 cm³/mol. The van der Waals surface area contributed by atoms with E-state index in [-0.39, 0.29) is 10.8 Å². The molecule has 1 atom stereocenters. The van der Waals surface area contributed by atoms with Crippen molar-refractivity contribution in [1.29, 1.82) is 0 Å². The van der Waals surface area contributed by atoms with E-state index in [0.717, 1.165) is 10.0 Å². The first kappa shape index (κ1) is 10.7. The Labute approximate surface area is 93.5 Å². The number of alkyl halides is 1. The molecule has 1 rings (SSSR count). The average Bonchev–Trinajstić information content (AvgIpc) is 2.17. The molecule has 0 amide bonds. The van der Waals surface area contributed by atoms with E-state index in [1.54, 1.807) is 0 Å². The van der Waals surface area contributed by atoms with E-state index in [4.69, 9.17) is 0 Å². The van der Waals surface area contributed by atoms with E-state index in [9.17, 15) is 4.79 Å². The summed E-state index contributed by atoms with van der Waals surface area (Å²) >= 11 is 6.56. The standard InChI is InChI=1S/C9H8Br2O2/c1-13-9(12)8(11)6-2-4-7(10)5-3-6/h2-5,8H,1H3/t8-/m1/s1. The van der Waals surface area contributed by atoms with Gasteiger partial charge < -0.3 is 4.74 Å². The number of carbonyl (C=O) groups excluding carboxylic acids is 1. The SMILES string of the molecule is COC(=O)[C@H](Br)c1ccc(Br)cc1. The molecular formula is C9H8Br2O2. The van der Waals surface area contributed by atoms with Gasteiger partial charge in [0.15, 0.2) is 0 Å². The molecule has 0 radical (unpaired) electrons. The molecular weight excluding hydrogens is 300 g/mol. The fraction of sp³-hybridized carbons (Fsp3) is 0.222. The van der Waals surface area contributed by atoms with Crippen LogP contribution in [0.2, 0.25) is 0 Å². The average molecular weight is 308 g/mol. The first-order valence-corrected chi connectivity index (χ1v) is 5.33. The van der Waals surface area contributed by atoms with E-state index < -0.39 is 0 Å². The number of carbonyl (C=O) groups is 1. The van der Waals surface area contributed by atoms with Crippen LogP contribution in [0.25, 0.3) is 0 Å². The first-order valence-electron chi connectivity index (χ1n) is 3.62. The van der Waals surface area contributed by atoms with Crippen LogP contribution in [0, 0.1) is 0 Å². The highest BCUT2D eigenvalue weighted by atomic mass is 79.9. The highest BCUT2D eigenvalue weighted by molar-refractivity contribution is 9.10. The van der Waals surface area contributed by atoms with Gasteiger partial charge in [-0.05, 0) is 17.7 Å². The zero-order valence-electron chi connectivity index (χ0n) is 6.96. The van der Waals surface area contributed by atoms with Gasteiger partial charge in [0.2, 0.25) is 0 Å². The van der Waals surface area contributed by atoms with Crippen LogP contribution >= 0.6 is 31.9 Å². The number of hydrogen-bond acceptors (Lipinski definition) is 2. The topological polar surface area (TPSA) is 26.3 Å². The summed E-state index contributed by atoms with van der Waals surface area (Å²) in [5, 5.41) is 0. The molecule has 0 fully saturated rings. The molecule has 13 heavy (non-hydrogen) atoms. The van der Waals surface area contributed by atoms with Crippen molar-refractivity contribution in [2.75, 3.05) is 7.11 Å². The Morgan fingerprint density at radius 3 is 2.38 bits per heavy atom. The van der Waals surface area contributed by atoms with Gasteiger partial charge in [-0.15, -0.1) is 0 Å². The summed E-state index contributed by atoms with van der Waals surface area (Å²) in [5.74, 6) is -0.290. The second-order valence-corrected chi connectivity index (χ2v) is 4.27. The van der Waals surface area contributed by atoms with Crippen LogP contribution in [-0.2, 0) is 9.53 Å². The second kappa shape index (κ2) is 4.77. The Balaban J connectivity index is 2.83. The number of halogens is 2. The molecule has 0 heterocycles. The van der Waals surface area contributed by atoms with Gasteiger partial charge in [0, 0.05) is 4.47 Å². The molecule has 2 nitrogen and oxygen atoms in total. The molecule has 0 aliphatic carbocycles. The van der Waals surface area contributed by atoms with Crippen LogP contribution in [-0.4, -0.2) is 13.1 Å². The van der Waals surface area contributed by atoms with Gasteiger partial charge in [-0.3, -0.25) is 4.79 Å². The van der Waals surface area contributed by atoms with Crippen molar-refractivity contribution >= 4 is 37.8 Å². The van der Waals surface area contributed by atoms with Crippen molar-refractivity contribution in [3.05, 3.63) is 34.3 Å². The molecule has 4 heteroatoms. The van der Waals surface area contributed by atoms with Gasteiger partial charge in [0.05, 0.1) is 7.11 Å². The van der Waals surface area contributed by atoms with E-state index in [0.29, 0.717) is 0 Å². The van der Waals surface area contributed by atoms with Crippen molar-refractivity contribution in [1.82, 2.24) is 0 Å². The van der Waals surface area contributed by atoms with Crippen molar-refractivity contribution in [3.8, 4) is 0 Å². The van der Waals surface area contributed by atoms with Crippen LogP contribution in [0.15, 0.2) is 28.7 Å². The van der Waals surface area contributed by atoms with Gasteiger partial charge in [-0.1, -0.05) is 44.0 Å². The summed E-state index contributed by atoms with van der Waals surface area (Å²) in [5.41, 5.74) is 0.884. The predicted octanol–water partition coefficient (Wildman–Crippen LogP) is 3.06. The summed E-state index contributed by atoms with van der Waals surface area (Å²) in [4.78, 5) is 10.7. The van der Waals surface area contributed by atoms with Gasteiger partial charge in [-0.25, -0.2) is 0 Å². The number of hydrogen-bond donors (Lipinski definition) is 0. The summed E-state index contributed by atoms with van der Waals surface area (Å²) in [7, 11) is 1.37. The first-order chi connectivity index (χ1) is 6.15. The molecule has 0 aliphatic rings. The Morgan fingerprint density at radius 2 is 1.92 bits per heavy atom. The minimum atomic E-state index is -0.384. The summed E-state index contributed by atoms with van der Waals surface area (Å²) < 4.78 is 5.59. The van der Waals surface area contributed by atoms with Crippen LogP contribution in [0.4, 0.5) is 0 Å². The van der Waals surface area contributed by atoms with Crippen LogP contribution in [0.1, 0.15) is 10.4 Å². The van der Waals surface area contributed by atoms with Crippen LogP contribution in [0.5, 0.6) is 0 Å². The van der Waals surface area contributed by atoms with Crippen LogP contribution < -0.4 is 0 Å². The van der Waals surface area contributed by atoms with Crippen LogP contribution in [0.3, 0.4) is 0 Å². The number of methoxy groups -OCH3 is 1. The van der Waals surface area contributed by atoms with Crippen molar-refractivity contribution in [2.45, 2.75) is 4.83 Å². The van der Waals surface area contributed by atoms with Crippen molar-refractivity contribution < 1.29 is 9.53 Å². The lowest BCUT2D eigenvalue weighted by atomic mass is 10.1. The molecule has 0 unspecified atom stereocenters. The third-order valence-corrected chi connectivity index (χ3v) is 3.00. The number of benzene rings is 1. The Hall–Kier alpha value is -0.350. The van der Waals surface area contributed by atoms with E-state index in [1.807, 2.05) is 24.3 Å². The third kappa shape index (κ3) is 2.81.